The van der Waals surface area contributed by atoms with Crippen LogP contribution in [-0.4, -0.2) is 23.7 Å². The second kappa shape index (κ2) is 8.78. The third kappa shape index (κ3) is 7.23. The molecule has 0 bridgehead atoms. The summed E-state index contributed by atoms with van der Waals surface area (Å²) in [6, 6.07) is 6.49. The molecule has 3 nitrogen and oxygen atoms in total. The summed E-state index contributed by atoms with van der Waals surface area (Å²) in [6.07, 6.45) is 1.72. The van der Waals surface area contributed by atoms with Crippen LogP contribution in [0.25, 0.3) is 0 Å². The standard InChI is InChI=1S/C17H26FNO2/c1-12(9-14(3)20)11-19-17(21)13(2)7-8-15-5-4-6-16(18)10-15/h4-6,10,12-14,20H,7-9,11H2,1-3H3,(H,19,21). The number of rotatable bonds is 8. The van der Waals surface area contributed by atoms with Gasteiger partial charge in [0.25, 0.3) is 0 Å². The van der Waals surface area contributed by atoms with Crippen molar-refractivity contribution in [2.45, 2.75) is 46.1 Å². The Morgan fingerprint density at radius 3 is 2.67 bits per heavy atom. The lowest BCUT2D eigenvalue weighted by atomic mass is 9.99. The maximum absolute atomic E-state index is 13.1. The van der Waals surface area contributed by atoms with Crippen molar-refractivity contribution in [2.75, 3.05) is 6.54 Å². The van der Waals surface area contributed by atoms with E-state index in [0.29, 0.717) is 25.8 Å². The fourth-order valence-electron chi connectivity index (χ4n) is 2.32. The maximum atomic E-state index is 13.1. The fourth-order valence-corrected chi connectivity index (χ4v) is 2.32. The number of hydrogen-bond acceptors (Lipinski definition) is 2. The lowest BCUT2D eigenvalue weighted by molar-refractivity contribution is -0.124. The first-order chi connectivity index (χ1) is 9.88. The first kappa shape index (κ1) is 17.6. The molecule has 21 heavy (non-hydrogen) atoms. The average molecular weight is 295 g/mol. The van der Waals surface area contributed by atoms with Gasteiger partial charge in [0.2, 0.25) is 5.91 Å². The van der Waals surface area contributed by atoms with Gasteiger partial charge in [-0.15, -0.1) is 0 Å². The zero-order valence-corrected chi connectivity index (χ0v) is 13.1. The molecule has 0 heterocycles. The van der Waals surface area contributed by atoms with Crippen LogP contribution in [0.5, 0.6) is 0 Å². The van der Waals surface area contributed by atoms with Gasteiger partial charge in [-0.2, -0.15) is 0 Å². The van der Waals surface area contributed by atoms with E-state index in [-0.39, 0.29) is 29.7 Å². The van der Waals surface area contributed by atoms with Crippen molar-refractivity contribution >= 4 is 5.91 Å². The molecule has 118 valence electrons. The molecule has 2 N–H and O–H groups in total. The van der Waals surface area contributed by atoms with Crippen LogP contribution in [0, 0.1) is 17.7 Å². The zero-order chi connectivity index (χ0) is 15.8. The number of aliphatic hydroxyl groups is 1. The number of aliphatic hydroxyl groups excluding tert-OH is 1. The van der Waals surface area contributed by atoms with E-state index in [1.54, 1.807) is 13.0 Å². The van der Waals surface area contributed by atoms with Gasteiger partial charge < -0.3 is 10.4 Å². The number of hydrogen-bond donors (Lipinski definition) is 2. The van der Waals surface area contributed by atoms with E-state index in [4.69, 9.17) is 0 Å². The van der Waals surface area contributed by atoms with Crippen molar-refractivity contribution in [3.63, 3.8) is 0 Å². The molecule has 0 spiro atoms. The van der Waals surface area contributed by atoms with Crippen LogP contribution in [0.4, 0.5) is 4.39 Å². The monoisotopic (exact) mass is 295 g/mol. The Labute approximate surface area is 126 Å². The van der Waals surface area contributed by atoms with Gasteiger partial charge in [-0.3, -0.25) is 4.79 Å². The summed E-state index contributed by atoms with van der Waals surface area (Å²) in [5.74, 6) is -0.0724. The number of carbonyl (C=O) groups excluding carboxylic acids is 1. The van der Waals surface area contributed by atoms with Gasteiger partial charge in [-0.1, -0.05) is 26.0 Å². The Hall–Kier alpha value is -1.42. The Balaban J connectivity index is 2.31. The van der Waals surface area contributed by atoms with E-state index in [9.17, 15) is 14.3 Å². The Kier molecular flexibility index (Phi) is 7.37. The topological polar surface area (TPSA) is 49.3 Å². The molecule has 0 aliphatic rings. The lowest BCUT2D eigenvalue weighted by Gasteiger charge is -2.17. The summed E-state index contributed by atoms with van der Waals surface area (Å²) in [5.41, 5.74) is 0.914. The molecule has 4 heteroatoms. The van der Waals surface area contributed by atoms with Crippen molar-refractivity contribution < 1.29 is 14.3 Å². The minimum Gasteiger partial charge on any atom is -0.393 e. The highest BCUT2D eigenvalue weighted by Gasteiger charge is 2.14. The molecule has 1 rings (SSSR count). The molecule has 0 radical (unpaired) electrons. The van der Waals surface area contributed by atoms with Crippen molar-refractivity contribution in [3.05, 3.63) is 35.6 Å². The number of benzene rings is 1. The van der Waals surface area contributed by atoms with Gasteiger partial charge >= 0.3 is 0 Å². The smallest absolute Gasteiger partial charge is 0.222 e. The van der Waals surface area contributed by atoms with E-state index in [2.05, 4.69) is 5.32 Å². The highest BCUT2D eigenvalue weighted by molar-refractivity contribution is 5.78. The van der Waals surface area contributed by atoms with Gasteiger partial charge in [-0.25, -0.2) is 4.39 Å². The molecule has 0 aliphatic heterocycles. The van der Waals surface area contributed by atoms with Crippen LogP contribution < -0.4 is 5.32 Å². The molecule has 3 unspecified atom stereocenters. The Morgan fingerprint density at radius 2 is 2.05 bits per heavy atom. The van der Waals surface area contributed by atoms with E-state index in [1.165, 1.54) is 12.1 Å². The minimum atomic E-state index is -0.345. The predicted molar refractivity (Wildman–Crippen MR) is 82.4 cm³/mol. The molecule has 1 aromatic carbocycles. The third-order valence-corrected chi connectivity index (χ3v) is 3.57. The first-order valence-electron chi connectivity index (χ1n) is 7.58. The van der Waals surface area contributed by atoms with Gasteiger partial charge in [0.05, 0.1) is 6.10 Å². The van der Waals surface area contributed by atoms with E-state index >= 15 is 0 Å². The van der Waals surface area contributed by atoms with Crippen LogP contribution in [0.1, 0.15) is 39.2 Å². The molecule has 0 saturated heterocycles. The molecule has 0 fully saturated rings. The first-order valence-corrected chi connectivity index (χ1v) is 7.58. The van der Waals surface area contributed by atoms with Crippen LogP contribution in [0.2, 0.25) is 0 Å². The molecule has 0 saturated carbocycles. The zero-order valence-electron chi connectivity index (χ0n) is 13.1. The molecule has 0 aliphatic carbocycles. The number of aryl methyl sites for hydroxylation is 1. The summed E-state index contributed by atoms with van der Waals surface area (Å²) in [5, 5.41) is 12.2. The number of halogens is 1. The molecular weight excluding hydrogens is 269 g/mol. The van der Waals surface area contributed by atoms with Gasteiger partial charge in [-0.05, 0) is 49.8 Å². The third-order valence-electron chi connectivity index (χ3n) is 3.57. The average Bonchev–Trinajstić information content (AvgIpc) is 2.41. The second-order valence-electron chi connectivity index (χ2n) is 6.00. The molecule has 1 aromatic rings. The van der Waals surface area contributed by atoms with Crippen molar-refractivity contribution in [3.8, 4) is 0 Å². The van der Waals surface area contributed by atoms with Crippen LogP contribution in [0.3, 0.4) is 0 Å². The van der Waals surface area contributed by atoms with Crippen LogP contribution in [0.15, 0.2) is 24.3 Å². The number of nitrogens with one attached hydrogen (secondary N) is 1. The number of amides is 1. The van der Waals surface area contributed by atoms with Crippen LogP contribution >= 0.6 is 0 Å². The number of carbonyl (C=O) groups is 1. The quantitative estimate of drug-likeness (QED) is 0.774. The summed E-state index contributed by atoms with van der Waals surface area (Å²) in [6.45, 7) is 6.21. The molecule has 1 amide bonds. The normalized spacial score (nSPS) is 15.3. The largest absolute Gasteiger partial charge is 0.393 e. The van der Waals surface area contributed by atoms with Gasteiger partial charge in [0.1, 0.15) is 5.82 Å². The van der Waals surface area contributed by atoms with Crippen molar-refractivity contribution in [1.29, 1.82) is 0 Å². The van der Waals surface area contributed by atoms with E-state index < -0.39 is 0 Å². The van der Waals surface area contributed by atoms with Crippen molar-refractivity contribution in [2.24, 2.45) is 11.8 Å². The summed E-state index contributed by atoms with van der Waals surface area (Å²) >= 11 is 0. The maximum Gasteiger partial charge on any atom is 0.222 e. The molecule has 3 atom stereocenters. The predicted octanol–water partition coefficient (Wildman–Crippen LogP) is 2.92. The molecular formula is C17H26FNO2. The van der Waals surface area contributed by atoms with E-state index in [1.807, 2.05) is 19.9 Å². The lowest BCUT2D eigenvalue weighted by Crippen LogP contribution is -2.33. The van der Waals surface area contributed by atoms with Crippen LogP contribution in [-0.2, 0) is 11.2 Å². The summed E-state index contributed by atoms with van der Waals surface area (Å²) in [4.78, 5) is 12.0. The molecule has 0 aromatic heterocycles. The SMILES string of the molecule is CC(O)CC(C)CNC(=O)C(C)CCc1cccc(F)c1. The Bertz CT molecular complexity index is 448. The van der Waals surface area contributed by atoms with Crippen molar-refractivity contribution in [1.82, 2.24) is 5.32 Å². The summed E-state index contributed by atoms with van der Waals surface area (Å²) in [7, 11) is 0. The van der Waals surface area contributed by atoms with Gasteiger partial charge in [0.15, 0.2) is 0 Å². The highest BCUT2D eigenvalue weighted by Crippen LogP contribution is 2.12. The van der Waals surface area contributed by atoms with E-state index in [0.717, 1.165) is 5.56 Å². The highest BCUT2D eigenvalue weighted by atomic mass is 19.1. The van der Waals surface area contributed by atoms with Gasteiger partial charge in [0, 0.05) is 12.5 Å². The fraction of sp³-hybridized carbons (Fsp3) is 0.588. The summed E-state index contributed by atoms with van der Waals surface area (Å²) < 4.78 is 13.1. The minimum absolute atomic E-state index is 0.0174. The second-order valence-corrected chi connectivity index (χ2v) is 6.00. The Morgan fingerprint density at radius 1 is 1.33 bits per heavy atom.